The van der Waals surface area contributed by atoms with E-state index < -0.39 is 6.61 Å². The number of ketones is 1. The van der Waals surface area contributed by atoms with Gasteiger partial charge in [0.05, 0.1) is 13.3 Å². The molecule has 0 aliphatic carbocycles. The lowest BCUT2D eigenvalue weighted by atomic mass is 10.1. The number of Topliss-reactive ketones (excluding diaryl/α,β-unsaturated/α-hetero) is 1. The van der Waals surface area contributed by atoms with E-state index in [0.29, 0.717) is 22.4 Å². The van der Waals surface area contributed by atoms with Crippen molar-refractivity contribution >= 4 is 12.0 Å². The SMILES string of the molecule is COc1ccc(C(C)=O)cc1CON=Cc1ccccc1OC(F)F. The molecule has 5 nitrogen and oxygen atoms in total. The number of oxime groups is 1. The van der Waals surface area contributed by atoms with Crippen LogP contribution in [0.4, 0.5) is 8.78 Å². The van der Waals surface area contributed by atoms with Gasteiger partial charge in [0.2, 0.25) is 0 Å². The molecule has 0 atom stereocenters. The van der Waals surface area contributed by atoms with Crippen molar-refractivity contribution in [3.8, 4) is 11.5 Å². The summed E-state index contributed by atoms with van der Waals surface area (Å²) in [5.74, 6) is 0.480. The molecule has 7 heteroatoms. The number of benzene rings is 2. The van der Waals surface area contributed by atoms with E-state index in [1.165, 1.54) is 26.3 Å². The maximum Gasteiger partial charge on any atom is 0.387 e. The van der Waals surface area contributed by atoms with E-state index in [9.17, 15) is 13.6 Å². The highest BCUT2D eigenvalue weighted by Gasteiger charge is 2.09. The zero-order chi connectivity index (χ0) is 18.2. The number of carbonyl (C=O) groups excluding carboxylic acids is 1. The number of hydrogen-bond acceptors (Lipinski definition) is 5. The van der Waals surface area contributed by atoms with Gasteiger partial charge in [0, 0.05) is 16.7 Å². The zero-order valence-electron chi connectivity index (χ0n) is 13.7. The molecule has 0 unspecified atom stereocenters. The molecule has 0 fully saturated rings. The first kappa shape index (κ1) is 18.4. The van der Waals surface area contributed by atoms with E-state index in [2.05, 4.69) is 9.89 Å². The Balaban J connectivity index is 2.07. The molecule has 132 valence electrons. The summed E-state index contributed by atoms with van der Waals surface area (Å²) in [7, 11) is 1.51. The molecule has 0 N–H and O–H groups in total. The highest BCUT2D eigenvalue weighted by atomic mass is 19.3. The third-order valence-electron chi connectivity index (χ3n) is 3.31. The lowest BCUT2D eigenvalue weighted by Gasteiger charge is -2.09. The first-order valence-electron chi connectivity index (χ1n) is 7.38. The molecule has 0 amide bonds. The second-order valence-corrected chi connectivity index (χ2v) is 5.01. The number of ether oxygens (including phenoxy) is 2. The van der Waals surface area contributed by atoms with Gasteiger partial charge in [-0.3, -0.25) is 4.79 Å². The Morgan fingerprint density at radius 2 is 1.96 bits per heavy atom. The number of rotatable bonds is 8. The molecule has 25 heavy (non-hydrogen) atoms. The third kappa shape index (κ3) is 5.27. The quantitative estimate of drug-likeness (QED) is 0.410. The van der Waals surface area contributed by atoms with Crippen LogP contribution >= 0.6 is 0 Å². The Kier molecular flexibility index (Phi) is 6.45. The summed E-state index contributed by atoms with van der Waals surface area (Å²) >= 11 is 0. The first-order chi connectivity index (χ1) is 12.0. The number of hydrogen-bond donors (Lipinski definition) is 0. The predicted molar refractivity (Wildman–Crippen MR) is 88.5 cm³/mol. The van der Waals surface area contributed by atoms with Crippen LogP contribution in [0.3, 0.4) is 0 Å². The second kappa shape index (κ2) is 8.77. The lowest BCUT2D eigenvalue weighted by molar-refractivity contribution is -0.0499. The number of nitrogens with zero attached hydrogens (tertiary/aromatic N) is 1. The maximum absolute atomic E-state index is 12.4. The molecule has 2 aromatic carbocycles. The zero-order valence-corrected chi connectivity index (χ0v) is 13.7. The van der Waals surface area contributed by atoms with Crippen molar-refractivity contribution in [2.24, 2.45) is 5.16 Å². The van der Waals surface area contributed by atoms with E-state index in [1.807, 2.05) is 0 Å². The average Bonchev–Trinajstić information content (AvgIpc) is 2.59. The molecular weight excluding hydrogens is 332 g/mol. The normalized spacial score (nSPS) is 10.9. The van der Waals surface area contributed by atoms with Crippen LogP contribution in [0.1, 0.15) is 28.4 Å². The molecule has 2 rings (SSSR count). The highest BCUT2D eigenvalue weighted by Crippen LogP contribution is 2.22. The van der Waals surface area contributed by atoms with Gasteiger partial charge in [0.25, 0.3) is 0 Å². The fourth-order valence-corrected chi connectivity index (χ4v) is 2.10. The summed E-state index contributed by atoms with van der Waals surface area (Å²) < 4.78 is 34.3. The Bertz CT molecular complexity index is 762. The summed E-state index contributed by atoms with van der Waals surface area (Å²) in [6, 6.07) is 11.2. The monoisotopic (exact) mass is 349 g/mol. The van der Waals surface area contributed by atoms with E-state index in [0.717, 1.165) is 0 Å². The minimum absolute atomic E-state index is 0.000933. The highest BCUT2D eigenvalue weighted by molar-refractivity contribution is 5.94. The molecule has 0 aliphatic heterocycles. The Morgan fingerprint density at radius 3 is 2.64 bits per heavy atom. The molecule has 0 saturated carbocycles. The van der Waals surface area contributed by atoms with Gasteiger partial charge in [-0.25, -0.2) is 0 Å². The summed E-state index contributed by atoms with van der Waals surface area (Å²) in [5, 5.41) is 3.76. The van der Waals surface area contributed by atoms with Gasteiger partial charge in [-0.05, 0) is 37.3 Å². The summed E-state index contributed by atoms with van der Waals surface area (Å²) in [6.45, 7) is -1.41. The molecule has 0 heterocycles. The van der Waals surface area contributed by atoms with Crippen LogP contribution in [-0.2, 0) is 11.4 Å². The van der Waals surface area contributed by atoms with E-state index in [-0.39, 0.29) is 18.1 Å². The van der Waals surface area contributed by atoms with Crippen molar-refractivity contribution in [2.75, 3.05) is 7.11 Å². The molecule has 2 aromatic rings. The molecule has 0 aliphatic rings. The van der Waals surface area contributed by atoms with Crippen LogP contribution in [0.5, 0.6) is 11.5 Å². The fraction of sp³-hybridized carbons (Fsp3) is 0.222. The molecule has 0 radical (unpaired) electrons. The van der Waals surface area contributed by atoms with Crippen LogP contribution in [0.15, 0.2) is 47.6 Å². The van der Waals surface area contributed by atoms with E-state index in [1.54, 1.807) is 36.4 Å². The number of para-hydroxylation sites is 1. The standard InChI is InChI=1S/C18H17F2NO4/c1-12(22)13-7-8-16(23-2)15(9-13)11-24-21-10-14-5-3-4-6-17(14)25-18(19)20/h3-10,18H,11H2,1-2H3. The second-order valence-electron chi connectivity index (χ2n) is 5.01. The minimum atomic E-state index is -2.92. The Labute approximate surface area is 143 Å². The molecule has 0 aromatic heterocycles. The van der Waals surface area contributed by atoms with Gasteiger partial charge in [-0.1, -0.05) is 17.3 Å². The van der Waals surface area contributed by atoms with Crippen molar-refractivity contribution in [1.82, 2.24) is 0 Å². The van der Waals surface area contributed by atoms with Gasteiger partial charge in [0.1, 0.15) is 18.1 Å². The van der Waals surface area contributed by atoms with Crippen LogP contribution in [0, 0.1) is 0 Å². The number of methoxy groups -OCH3 is 1. The van der Waals surface area contributed by atoms with Crippen LogP contribution in [0.2, 0.25) is 0 Å². The Morgan fingerprint density at radius 1 is 1.20 bits per heavy atom. The number of halogens is 2. The van der Waals surface area contributed by atoms with Crippen molar-refractivity contribution in [3.05, 3.63) is 59.2 Å². The molecule has 0 bridgehead atoms. The van der Waals surface area contributed by atoms with Crippen LogP contribution in [0.25, 0.3) is 0 Å². The van der Waals surface area contributed by atoms with E-state index in [4.69, 9.17) is 9.57 Å². The predicted octanol–water partition coefficient (Wildman–Crippen LogP) is 4.05. The minimum Gasteiger partial charge on any atom is -0.496 e. The number of alkyl halides is 2. The van der Waals surface area contributed by atoms with E-state index >= 15 is 0 Å². The summed E-state index contributed by atoms with van der Waals surface area (Å²) in [4.78, 5) is 16.6. The third-order valence-corrected chi connectivity index (χ3v) is 3.31. The lowest BCUT2D eigenvalue weighted by Crippen LogP contribution is -2.04. The van der Waals surface area contributed by atoms with Crippen molar-refractivity contribution in [1.29, 1.82) is 0 Å². The van der Waals surface area contributed by atoms with Crippen molar-refractivity contribution < 1.29 is 27.9 Å². The fourth-order valence-electron chi connectivity index (χ4n) is 2.10. The van der Waals surface area contributed by atoms with Gasteiger partial charge >= 0.3 is 6.61 Å². The van der Waals surface area contributed by atoms with Gasteiger partial charge in [0.15, 0.2) is 5.78 Å². The van der Waals surface area contributed by atoms with Gasteiger partial charge < -0.3 is 14.3 Å². The van der Waals surface area contributed by atoms with Crippen molar-refractivity contribution in [3.63, 3.8) is 0 Å². The Hall–Kier alpha value is -2.96. The van der Waals surface area contributed by atoms with Crippen molar-refractivity contribution in [2.45, 2.75) is 20.1 Å². The molecule has 0 saturated heterocycles. The van der Waals surface area contributed by atoms with Crippen LogP contribution in [-0.4, -0.2) is 25.7 Å². The maximum atomic E-state index is 12.4. The molecular formula is C18H17F2NO4. The summed E-state index contributed by atoms with van der Waals surface area (Å²) in [5.41, 5.74) is 1.52. The smallest absolute Gasteiger partial charge is 0.387 e. The number of carbonyl (C=O) groups is 1. The van der Waals surface area contributed by atoms with Gasteiger partial charge in [-0.15, -0.1) is 0 Å². The largest absolute Gasteiger partial charge is 0.496 e. The van der Waals surface area contributed by atoms with Crippen LogP contribution < -0.4 is 9.47 Å². The topological polar surface area (TPSA) is 57.1 Å². The summed E-state index contributed by atoms with van der Waals surface area (Å²) in [6.07, 6.45) is 1.28. The first-order valence-corrected chi connectivity index (χ1v) is 7.38. The molecule has 0 spiro atoms. The average molecular weight is 349 g/mol. The van der Waals surface area contributed by atoms with Gasteiger partial charge in [-0.2, -0.15) is 8.78 Å².